The maximum Gasteiger partial charge on any atom is 0.241 e. The summed E-state index contributed by atoms with van der Waals surface area (Å²) in [5, 5.41) is 2.60. The summed E-state index contributed by atoms with van der Waals surface area (Å²) >= 11 is 0. The van der Waals surface area contributed by atoms with E-state index in [0.29, 0.717) is 11.4 Å². The molecule has 1 aromatic rings. The molecule has 98 valence electrons. The lowest BCUT2D eigenvalue weighted by Gasteiger charge is -2.13. The Morgan fingerprint density at radius 3 is 2.67 bits per heavy atom. The molecular formula is C12H17N3O3. The van der Waals surface area contributed by atoms with E-state index >= 15 is 0 Å². The van der Waals surface area contributed by atoms with Crippen LogP contribution >= 0.6 is 0 Å². The first-order valence-electron chi connectivity index (χ1n) is 5.43. The van der Waals surface area contributed by atoms with Gasteiger partial charge < -0.3 is 21.5 Å². The van der Waals surface area contributed by atoms with Crippen LogP contribution in [0.4, 0.5) is 5.69 Å². The number of nitrogens with two attached hydrogens (primary N) is 2. The van der Waals surface area contributed by atoms with Crippen LogP contribution < -0.4 is 21.5 Å². The summed E-state index contributed by atoms with van der Waals surface area (Å²) in [6.07, 6.45) is -0.194. The number of carbonyl (C=O) groups excluding carboxylic acids is 2. The molecule has 0 heterocycles. The first-order valence-corrected chi connectivity index (χ1v) is 5.43. The number of ether oxygens (including phenoxy) is 1. The van der Waals surface area contributed by atoms with Crippen molar-refractivity contribution in [2.24, 2.45) is 11.5 Å². The number of rotatable bonds is 5. The van der Waals surface area contributed by atoms with E-state index in [2.05, 4.69) is 5.32 Å². The molecule has 0 aromatic heterocycles. The molecule has 1 unspecified atom stereocenters. The number of amides is 2. The molecule has 0 radical (unpaired) electrons. The summed E-state index contributed by atoms with van der Waals surface area (Å²) < 4.78 is 5.14. The van der Waals surface area contributed by atoms with Crippen molar-refractivity contribution in [2.45, 2.75) is 19.4 Å². The van der Waals surface area contributed by atoms with E-state index in [1.54, 1.807) is 12.1 Å². The molecule has 0 aliphatic heterocycles. The summed E-state index contributed by atoms with van der Waals surface area (Å²) in [4.78, 5) is 22.4. The molecule has 1 atom stereocenters. The van der Waals surface area contributed by atoms with E-state index in [0.717, 1.165) is 5.56 Å². The maximum atomic E-state index is 11.7. The number of hydrogen-bond donors (Lipinski definition) is 3. The third-order valence-electron chi connectivity index (χ3n) is 2.37. The third kappa shape index (κ3) is 3.74. The van der Waals surface area contributed by atoms with Gasteiger partial charge in [-0.2, -0.15) is 0 Å². The molecule has 5 N–H and O–H groups in total. The van der Waals surface area contributed by atoms with Crippen molar-refractivity contribution in [3.05, 3.63) is 23.8 Å². The van der Waals surface area contributed by atoms with Crippen molar-refractivity contribution in [1.29, 1.82) is 0 Å². The molecule has 6 nitrogen and oxygen atoms in total. The first kappa shape index (κ1) is 14.0. The van der Waals surface area contributed by atoms with Crippen molar-refractivity contribution in [1.82, 2.24) is 0 Å². The third-order valence-corrected chi connectivity index (χ3v) is 2.37. The molecule has 1 aromatic carbocycles. The van der Waals surface area contributed by atoms with Crippen molar-refractivity contribution in [2.75, 3.05) is 12.4 Å². The molecule has 0 saturated carbocycles. The lowest BCUT2D eigenvalue weighted by Crippen LogP contribution is -2.39. The van der Waals surface area contributed by atoms with Crippen LogP contribution in [-0.2, 0) is 9.59 Å². The van der Waals surface area contributed by atoms with Crippen molar-refractivity contribution in [3.63, 3.8) is 0 Å². The van der Waals surface area contributed by atoms with Gasteiger partial charge in [0.05, 0.1) is 25.3 Å². The van der Waals surface area contributed by atoms with Crippen LogP contribution in [0, 0.1) is 6.92 Å². The highest BCUT2D eigenvalue weighted by Crippen LogP contribution is 2.25. The Labute approximate surface area is 105 Å². The Hall–Kier alpha value is -2.08. The Bertz CT molecular complexity index is 460. The van der Waals surface area contributed by atoms with Gasteiger partial charge in [0.2, 0.25) is 11.8 Å². The van der Waals surface area contributed by atoms with Crippen LogP contribution in [0.1, 0.15) is 12.0 Å². The molecule has 18 heavy (non-hydrogen) atoms. The number of nitrogens with one attached hydrogen (secondary N) is 1. The minimum Gasteiger partial charge on any atom is -0.495 e. The average Bonchev–Trinajstić information content (AvgIpc) is 2.30. The highest BCUT2D eigenvalue weighted by molar-refractivity contribution is 5.98. The van der Waals surface area contributed by atoms with Gasteiger partial charge in [0.1, 0.15) is 5.75 Å². The van der Waals surface area contributed by atoms with Gasteiger partial charge in [-0.15, -0.1) is 0 Å². The van der Waals surface area contributed by atoms with Gasteiger partial charge in [0.15, 0.2) is 0 Å². The Morgan fingerprint density at radius 1 is 1.44 bits per heavy atom. The minimum atomic E-state index is -0.964. The lowest BCUT2D eigenvalue weighted by molar-refractivity contribution is -0.123. The van der Waals surface area contributed by atoms with Gasteiger partial charge in [-0.25, -0.2) is 0 Å². The van der Waals surface area contributed by atoms with Crippen LogP contribution in [0.2, 0.25) is 0 Å². The van der Waals surface area contributed by atoms with Crippen molar-refractivity contribution < 1.29 is 14.3 Å². The molecular weight excluding hydrogens is 234 g/mol. The minimum absolute atomic E-state index is 0.194. The largest absolute Gasteiger partial charge is 0.495 e. The Balaban J connectivity index is 2.78. The van der Waals surface area contributed by atoms with Crippen LogP contribution in [0.15, 0.2) is 18.2 Å². The summed E-state index contributed by atoms with van der Waals surface area (Å²) in [6.45, 7) is 1.91. The smallest absolute Gasteiger partial charge is 0.241 e. The lowest BCUT2D eigenvalue weighted by atomic mass is 10.1. The predicted octanol–water partition coefficient (Wildman–Crippen LogP) is 0.145. The van der Waals surface area contributed by atoms with E-state index < -0.39 is 17.9 Å². The van der Waals surface area contributed by atoms with E-state index in [4.69, 9.17) is 16.2 Å². The second kappa shape index (κ2) is 6.02. The molecule has 0 aliphatic rings. The zero-order valence-corrected chi connectivity index (χ0v) is 10.4. The van der Waals surface area contributed by atoms with E-state index in [1.807, 2.05) is 13.0 Å². The highest BCUT2D eigenvalue weighted by atomic mass is 16.5. The number of aryl methyl sites for hydroxylation is 1. The van der Waals surface area contributed by atoms with E-state index in [1.165, 1.54) is 7.11 Å². The van der Waals surface area contributed by atoms with E-state index in [-0.39, 0.29) is 6.42 Å². The topological polar surface area (TPSA) is 107 Å². The van der Waals surface area contributed by atoms with Gasteiger partial charge in [0.25, 0.3) is 0 Å². The molecule has 6 heteroatoms. The number of methoxy groups -OCH3 is 1. The maximum absolute atomic E-state index is 11.7. The summed E-state index contributed by atoms with van der Waals surface area (Å²) in [5.74, 6) is -0.556. The molecule has 0 saturated heterocycles. The van der Waals surface area contributed by atoms with Crippen LogP contribution in [0.3, 0.4) is 0 Å². The normalized spacial score (nSPS) is 11.7. The highest BCUT2D eigenvalue weighted by Gasteiger charge is 2.17. The monoisotopic (exact) mass is 251 g/mol. The van der Waals surface area contributed by atoms with Gasteiger partial charge in [-0.3, -0.25) is 9.59 Å². The van der Waals surface area contributed by atoms with E-state index in [9.17, 15) is 9.59 Å². The van der Waals surface area contributed by atoms with Gasteiger partial charge >= 0.3 is 0 Å². The fourth-order valence-corrected chi connectivity index (χ4v) is 1.44. The molecule has 0 aliphatic carbocycles. The van der Waals surface area contributed by atoms with Gasteiger partial charge in [-0.05, 0) is 24.6 Å². The molecule has 1 rings (SSSR count). The van der Waals surface area contributed by atoms with Crippen molar-refractivity contribution >= 4 is 17.5 Å². The standard InChI is InChI=1S/C12H17N3O3/c1-7-3-4-9(10(5-7)18-2)15-12(17)8(13)6-11(14)16/h3-5,8H,6,13H2,1-2H3,(H2,14,16)(H,15,17). The molecule has 0 bridgehead atoms. The van der Waals surface area contributed by atoms with Crippen LogP contribution in [0.25, 0.3) is 0 Å². The second-order valence-corrected chi connectivity index (χ2v) is 3.97. The fraction of sp³-hybridized carbons (Fsp3) is 0.333. The van der Waals surface area contributed by atoms with Gasteiger partial charge in [0, 0.05) is 0 Å². The Morgan fingerprint density at radius 2 is 2.11 bits per heavy atom. The molecule has 0 spiro atoms. The average molecular weight is 251 g/mol. The fourth-order valence-electron chi connectivity index (χ4n) is 1.44. The molecule has 2 amide bonds. The SMILES string of the molecule is COc1cc(C)ccc1NC(=O)C(N)CC(N)=O. The zero-order chi connectivity index (χ0) is 13.7. The quantitative estimate of drug-likeness (QED) is 0.692. The summed E-state index contributed by atoms with van der Waals surface area (Å²) in [7, 11) is 1.51. The number of anilines is 1. The van der Waals surface area contributed by atoms with Gasteiger partial charge in [-0.1, -0.05) is 6.07 Å². The Kier molecular flexibility index (Phi) is 4.67. The summed E-state index contributed by atoms with van der Waals surface area (Å²) in [5.41, 5.74) is 12.0. The number of carbonyl (C=O) groups is 2. The van der Waals surface area contributed by atoms with Crippen LogP contribution in [0.5, 0.6) is 5.75 Å². The first-order chi connectivity index (χ1) is 8.43. The molecule has 0 fully saturated rings. The summed E-state index contributed by atoms with van der Waals surface area (Å²) in [6, 6.07) is 4.37. The van der Waals surface area contributed by atoms with Crippen molar-refractivity contribution in [3.8, 4) is 5.75 Å². The van der Waals surface area contributed by atoms with Crippen LogP contribution in [-0.4, -0.2) is 25.0 Å². The number of benzene rings is 1. The second-order valence-electron chi connectivity index (χ2n) is 3.97. The predicted molar refractivity (Wildman–Crippen MR) is 68.1 cm³/mol. The number of hydrogen-bond acceptors (Lipinski definition) is 4. The zero-order valence-electron chi connectivity index (χ0n) is 10.4. The number of primary amides is 1.